The zero-order chi connectivity index (χ0) is 11.9. The standard InChI is InChI=1S/C11H17NO3/c1-3-9(13)11(15,4-2)10(14)7-5-6-8-12/h15H,3-7H2,1-2H3/t11-/m0/s1. The van der Waals surface area contributed by atoms with E-state index in [2.05, 4.69) is 0 Å². The first-order chi connectivity index (χ1) is 7.02. The number of hydrogen-bond donors (Lipinski definition) is 1. The largest absolute Gasteiger partial charge is 0.375 e. The Morgan fingerprint density at radius 2 is 1.93 bits per heavy atom. The topological polar surface area (TPSA) is 78.2 Å². The van der Waals surface area contributed by atoms with Crippen molar-refractivity contribution in [3.63, 3.8) is 0 Å². The van der Waals surface area contributed by atoms with E-state index in [0.717, 1.165) is 0 Å². The zero-order valence-electron chi connectivity index (χ0n) is 9.25. The first kappa shape index (κ1) is 13.8. The number of Topliss-reactive ketones (excluding diaryl/α,β-unsaturated/α-hetero) is 2. The Labute approximate surface area is 89.9 Å². The lowest BCUT2D eigenvalue weighted by atomic mass is 9.86. The summed E-state index contributed by atoms with van der Waals surface area (Å²) in [5.74, 6) is -0.904. The Morgan fingerprint density at radius 3 is 2.33 bits per heavy atom. The van der Waals surface area contributed by atoms with Crippen LogP contribution in [0.1, 0.15) is 46.0 Å². The molecule has 4 heteroatoms. The van der Waals surface area contributed by atoms with Gasteiger partial charge in [0.2, 0.25) is 0 Å². The molecule has 0 rings (SSSR count). The lowest BCUT2D eigenvalue weighted by Gasteiger charge is -2.22. The second kappa shape index (κ2) is 6.31. The van der Waals surface area contributed by atoms with Gasteiger partial charge < -0.3 is 5.11 Å². The van der Waals surface area contributed by atoms with Gasteiger partial charge in [-0.25, -0.2) is 0 Å². The summed E-state index contributed by atoms with van der Waals surface area (Å²) in [5.41, 5.74) is -1.83. The van der Waals surface area contributed by atoms with Gasteiger partial charge in [-0.1, -0.05) is 13.8 Å². The summed E-state index contributed by atoms with van der Waals surface area (Å²) in [6.07, 6.45) is 1.00. The number of unbranched alkanes of at least 4 members (excludes halogenated alkanes) is 1. The number of rotatable bonds is 7. The van der Waals surface area contributed by atoms with Gasteiger partial charge in [0.25, 0.3) is 0 Å². The Hall–Kier alpha value is -1.21. The molecular weight excluding hydrogens is 194 g/mol. The van der Waals surface area contributed by atoms with Crippen molar-refractivity contribution in [2.75, 3.05) is 0 Å². The van der Waals surface area contributed by atoms with E-state index in [1.54, 1.807) is 13.8 Å². The Balaban J connectivity index is 4.46. The summed E-state index contributed by atoms with van der Waals surface area (Å²) in [7, 11) is 0. The molecule has 4 nitrogen and oxygen atoms in total. The molecule has 1 N–H and O–H groups in total. The maximum Gasteiger partial charge on any atom is 0.180 e. The van der Waals surface area contributed by atoms with Crippen molar-refractivity contribution < 1.29 is 14.7 Å². The fourth-order valence-electron chi connectivity index (χ4n) is 1.38. The van der Waals surface area contributed by atoms with E-state index < -0.39 is 17.2 Å². The molecule has 0 aliphatic carbocycles. The van der Waals surface area contributed by atoms with E-state index in [-0.39, 0.29) is 25.7 Å². The van der Waals surface area contributed by atoms with Gasteiger partial charge in [0.15, 0.2) is 17.2 Å². The first-order valence-electron chi connectivity index (χ1n) is 5.18. The third-order valence-electron chi connectivity index (χ3n) is 2.45. The zero-order valence-corrected chi connectivity index (χ0v) is 9.25. The number of aliphatic hydroxyl groups is 1. The number of carbonyl (C=O) groups excluding carboxylic acids is 2. The maximum atomic E-state index is 11.6. The van der Waals surface area contributed by atoms with Crippen LogP contribution in [-0.2, 0) is 9.59 Å². The van der Waals surface area contributed by atoms with Gasteiger partial charge in [-0.3, -0.25) is 9.59 Å². The van der Waals surface area contributed by atoms with Crippen LogP contribution < -0.4 is 0 Å². The third-order valence-corrected chi connectivity index (χ3v) is 2.45. The van der Waals surface area contributed by atoms with Crippen LogP contribution in [0.4, 0.5) is 0 Å². The van der Waals surface area contributed by atoms with Gasteiger partial charge in [0.05, 0.1) is 6.07 Å². The summed E-state index contributed by atoms with van der Waals surface area (Å²) in [6.45, 7) is 3.22. The molecule has 84 valence electrons. The van der Waals surface area contributed by atoms with Gasteiger partial charge >= 0.3 is 0 Å². The lowest BCUT2D eigenvalue weighted by Crippen LogP contribution is -2.45. The van der Waals surface area contributed by atoms with Gasteiger partial charge in [-0.2, -0.15) is 5.26 Å². The molecule has 0 heterocycles. The minimum Gasteiger partial charge on any atom is -0.375 e. The highest BCUT2D eigenvalue weighted by atomic mass is 16.3. The molecule has 0 spiro atoms. The number of ketones is 2. The molecule has 0 radical (unpaired) electrons. The summed E-state index contributed by atoms with van der Waals surface area (Å²) >= 11 is 0. The smallest absolute Gasteiger partial charge is 0.180 e. The van der Waals surface area contributed by atoms with E-state index >= 15 is 0 Å². The summed E-state index contributed by atoms with van der Waals surface area (Å²) in [5, 5.41) is 18.2. The monoisotopic (exact) mass is 211 g/mol. The van der Waals surface area contributed by atoms with E-state index in [9.17, 15) is 14.7 Å². The van der Waals surface area contributed by atoms with Crippen LogP contribution in [0.5, 0.6) is 0 Å². The van der Waals surface area contributed by atoms with Crippen molar-refractivity contribution in [2.24, 2.45) is 0 Å². The van der Waals surface area contributed by atoms with E-state index in [0.29, 0.717) is 6.42 Å². The van der Waals surface area contributed by atoms with Crippen molar-refractivity contribution in [2.45, 2.75) is 51.6 Å². The van der Waals surface area contributed by atoms with Crippen LogP contribution in [0, 0.1) is 11.3 Å². The molecule has 0 aliphatic rings. The molecule has 0 unspecified atom stereocenters. The van der Waals surface area contributed by atoms with Crippen LogP contribution in [-0.4, -0.2) is 22.3 Å². The minimum atomic E-state index is -1.83. The average Bonchev–Trinajstić information content (AvgIpc) is 2.26. The number of nitriles is 1. The van der Waals surface area contributed by atoms with E-state index in [1.807, 2.05) is 6.07 Å². The molecule has 15 heavy (non-hydrogen) atoms. The molecule has 0 fully saturated rings. The van der Waals surface area contributed by atoms with Crippen LogP contribution >= 0.6 is 0 Å². The molecule has 0 aromatic rings. The maximum absolute atomic E-state index is 11.6. The fourth-order valence-corrected chi connectivity index (χ4v) is 1.38. The van der Waals surface area contributed by atoms with Crippen molar-refractivity contribution >= 4 is 11.6 Å². The molecule has 0 saturated heterocycles. The molecule has 0 aromatic carbocycles. The highest BCUT2D eigenvalue weighted by Crippen LogP contribution is 2.18. The molecule has 0 aromatic heterocycles. The van der Waals surface area contributed by atoms with Crippen LogP contribution in [0.3, 0.4) is 0 Å². The normalized spacial score (nSPS) is 14.0. The fraction of sp³-hybridized carbons (Fsp3) is 0.727. The predicted octanol–water partition coefficient (Wildman–Crippen LogP) is 1.37. The summed E-state index contributed by atoms with van der Waals surface area (Å²) in [6, 6.07) is 1.92. The summed E-state index contributed by atoms with van der Waals surface area (Å²) in [4.78, 5) is 23.0. The quantitative estimate of drug-likeness (QED) is 0.509. The predicted molar refractivity (Wildman–Crippen MR) is 55.0 cm³/mol. The van der Waals surface area contributed by atoms with E-state index in [4.69, 9.17) is 5.26 Å². The summed E-state index contributed by atoms with van der Waals surface area (Å²) < 4.78 is 0. The van der Waals surface area contributed by atoms with Gasteiger partial charge in [0.1, 0.15) is 0 Å². The molecule has 0 amide bonds. The molecular formula is C11H17NO3. The van der Waals surface area contributed by atoms with Crippen LogP contribution in [0.25, 0.3) is 0 Å². The molecule has 0 bridgehead atoms. The van der Waals surface area contributed by atoms with Gasteiger partial charge in [0, 0.05) is 19.3 Å². The minimum absolute atomic E-state index is 0.0869. The lowest BCUT2D eigenvalue weighted by molar-refractivity contribution is -0.151. The SMILES string of the molecule is CCC(=O)[C@@](O)(CC)C(=O)CCCC#N. The Bertz CT molecular complexity index is 280. The molecule has 0 aliphatic heterocycles. The Morgan fingerprint density at radius 1 is 1.33 bits per heavy atom. The van der Waals surface area contributed by atoms with Crippen LogP contribution in [0.15, 0.2) is 0 Å². The van der Waals surface area contributed by atoms with Crippen molar-refractivity contribution in [1.29, 1.82) is 5.26 Å². The highest BCUT2D eigenvalue weighted by molar-refractivity contribution is 6.09. The third kappa shape index (κ3) is 3.45. The molecule has 0 saturated carbocycles. The number of carbonyl (C=O) groups is 2. The van der Waals surface area contributed by atoms with Crippen molar-refractivity contribution in [3.8, 4) is 6.07 Å². The van der Waals surface area contributed by atoms with Crippen molar-refractivity contribution in [1.82, 2.24) is 0 Å². The number of hydrogen-bond acceptors (Lipinski definition) is 4. The second-order valence-electron chi connectivity index (χ2n) is 3.43. The molecule has 1 atom stereocenters. The van der Waals surface area contributed by atoms with E-state index in [1.165, 1.54) is 0 Å². The highest BCUT2D eigenvalue weighted by Gasteiger charge is 2.39. The number of nitrogens with zero attached hydrogens (tertiary/aromatic N) is 1. The Kier molecular flexibility index (Phi) is 5.80. The van der Waals surface area contributed by atoms with Crippen molar-refractivity contribution in [3.05, 3.63) is 0 Å². The first-order valence-corrected chi connectivity index (χ1v) is 5.18. The van der Waals surface area contributed by atoms with Gasteiger partial charge in [-0.15, -0.1) is 0 Å². The second-order valence-corrected chi connectivity index (χ2v) is 3.43. The van der Waals surface area contributed by atoms with Gasteiger partial charge in [-0.05, 0) is 12.8 Å². The average molecular weight is 211 g/mol. The van der Waals surface area contributed by atoms with Crippen LogP contribution in [0.2, 0.25) is 0 Å².